The van der Waals surface area contributed by atoms with Crippen molar-refractivity contribution in [3.05, 3.63) is 61.1 Å². The first kappa shape index (κ1) is 20.6. The largest absolute Gasteiger partial charge is 0.353 e. The minimum absolute atomic E-state index is 0.0326. The molecule has 0 spiro atoms. The Balaban J connectivity index is 1.27. The van der Waals surface area contributed by atoms with Gasteiger partial charge in [-0.1, -0.05) is 18.2 Å². The second-order valence-electron chi connectivity index (χ2n) is 8.87. The number of aromatic nitrogens is 5. The van der Waals surface area contributed by atoms with Gasteiger partial charge < -0.3 is 15.6 Å². The number of hydrogen-bond acceptors (Lipinski definition) is 5. The molecule has 8 nitrogen and oxygen atoms in total. The summed E-state index contributed by atoms with van der Waals surface area (Å²) in [6, 6.07) is 14.2. The SMILES string of the molecule is O=C(CC1CCNCC1)Nc1cncc(-c2cc3c(-c4cc5ccccc5[nH]4)n[nH]c3cn2)c1. The van der Waals surface area contributed by atoms with Gasteiger partial charge in [0.15, 0.2) is 0 Å². The van der Waals surface area contributed by atoms with Gasteiger partial charge in [0.25, 0.3) is 0 Å². The van der Waals surface area contributed by atoms with E-state index in [9.17, 15) is 4.79 Å². The van der Waals surface area contributed by atoms with Crippen molar-refractivity contribution in [2.75, 3.05) is 18.4 Å². The number of fused-ring (bicyclic) bond motifs is 2. The van der Waals surface area contributed by atoms with E-state index in [1.165, 1.54) is 0 Å². The van der Waals surface area contributed by atoms with E-state index in [1.54, 1.807) is 18.6 Å². The number of nitrogens with zero attached hydrogens (tertiary/aromatic N) is 3. The van der Waals surface area contributed by atoms with Crippen molar-refractivity contribution in [1.29, 1.82) is 0 Å². The highest BCUT2D eigenvalue weighted by Gasteiger charge is 2.17. The fraction of sp³-hybridized carbons (Fsp3) is 0.231. The molecule has 1 fully saturated rings. The van der Waals surface area contributed by atoms with Crippen LogP contribution in [0.4, 0.5) is 5.69 Å². The van der Waals surface area contributed by atoms with Crippen molar-refractivity contribution in [2.45, 2.75) is 19.3 Å². The van der Waals surface area contributed by atoms with E-state index in [0.29, 0.717) is 18.0 Å². The molecule has 0 atom stereocenters. The topological polar surface area (TPSA) is 111 Å². The van der Waals surface area contributed by atoms with Crippen molar-refractivity contribution in [3.8, 4) is 22.6 Å². The number of aromatic amines is 2. The highest BCUT2D eigenvalue weighted by atomic mass is 16.1. The lowest BCUT2D eigenvalue weighted by molar-refractivity contribution is -0.117. The Kier molecular flexibility index (Phi) is 5.27. The van der Waals surface area contributed by atoms with Gasteiger partial charge in [-0.3, -0.25) is 19.9 Å². The summed E-state index contributed by atoms with van der Waals surface area (Å²) in [6.07, 6.45) is 7.85. The van der Waals surface area contributed by atoms with E-state index < -0.39 is 0 Å². The van der Waals surface area contributed by atoms with Gasteiger partial charge in [-0.2, -0.15) is 5.10 Å². The standard InChI is InChI=1S/C26H25N7O/c34-25(9-16-5-7-27-8-6-16)30-19-10-18(13-28-14-19)22-12-20-24(15-29-22)32-33-26(20)23-11-17-3-1-2-4-21(17)31-23/h1-4,10-16,27,31H,5-9H2,(H,30,34)(H,32,33). The smallest absolute Gasteiger partial charge is 0.224 e. The number of nitrogens with one attached hydrogen (secondary N) is 4. The molecule has 1 amide bonds. The first-order valence-corrected chi connectivity index (χ1v) is 11.6. The third-order valence-electron chi connectivity index (χ3n) is 6.48. The van der Waals surface area contributed by atoms with Crippen molar-refractivity contribution in [1.82, 2.24) is 30.5 Å². The number of amides is 1. The zero-order valence-corrected chi connectivity index (χ0v) is 18.6. The molecule has 1 aliphatic heterocycles. The molecule has 5 heterocycles. The maximum Gasteiger partial charge on any atom is 0.224 e. The number of pyridine rings is 2. The van der Waals surface area contributed by atoms with Crippen molar-refractivity contribution >= 4 is 33.4 Å². The van der Waals surface area contributed by atoms with Crippen LogP contribution in [0, 0.1) is 5.92 Å². The molecule has 8 heteroatoms. The van der Waals surface area contributed by atoms with Crippen LogP contribution in [0.2, 0.25) is 0 Å². The van der Waals surface area contributed by atoms with Gasteiger partial charge >= 0.3 is 0 Å². The average molecular weight is 452 g/mol. The summed E-state index contributed by atoms with van der Waals surface area (Å²) >= 11 is 0. The van der Waals surface area contributed by atoms with Crippen LogP contribution in [-0.4, -0.2) is 44.1 Å². The maximum atomic E-state index is 12.6. The first-order valence-electron chi connectivity index (χ1n) is 11.6. The Labute approximate surface area is 196 Å². The molecule has 170 valence electrons. The van der Waals surface area contributed by atoms with Crippen molar-refractivity contribution in [3.63, 3.8) is 0 Å². The van der Waals surface area contributed by atoms with Crippen LogP contribution in [0.3, 0.4) is 0 Å². The number of piperidine rings is 1. The van der Waals surface area contributed by atoms with Gasteiger partial charge in [0.2, 0.25) is 5.91 Å². The number of carbonyl (C=O) groups excluding carboxylic acids is 1. The molecule has 6 rings (SSSR count). The summed E-state index contributed by atoms with van der Waals surface area (Å²) < 4.78 is 0. The number of rotatable bonds is 5. The van der Waals surface area contributed by atoms with E-state index >= 15 is 0 Å². The summed E-state index contributed by atoms with van der Waals surface area (Å²) in [4.78, 5) is 24.9. The molecule has 0 bridgehead atoms. The Morgan fingerprint density at radius 3 is 2.79 bits per heavy atom. The van der Waals surface area contributed by atoms with Crippen LogP contribution in [0.15, 0.2) is 61.1 Å². The highest BCUT2D eigenvalue weighted by Crippen LogP contribution is 2.31. The second-order valence-corrected chi connectivity index (χ2v) is 8.87. The van der Waals surface area contributed by atoms with E-state index in [0.717, 1.165) is 70.4 Å². The second kappa shape index (κ2) is 8.72. The zero-order valence-electron chi connectivity index (χ0n) is 18.6. The zero-order chi connectivity index (χ0) is 22.9. The Morgan fingerprint density at radius 1 is 1.03 bits per heavy atom. The summed E-state index contributed by atoms with van der Waals surface area (Å²) in [5, 5.41) is 16.1. The predicted molar refractivity (Wildman–Crippen MR) is 133 cm³/mol. The van der Waals surface area contributed by atoms with Gasteiger partial charge in [-0.05, 0) is 56.1 Å². The number of anilines is 1. The molecule has 34 heavy (non-hydrogen) atoms. The van der Waals surface area contributed by atoms with Crippen LogP contribution >= 0.6 is 0 Å². The summed E-state index contributed by atoms with van der Waals surface area (Å²) in [6.45, 7) is 1.97. The monoisotopic (exact) mass is 451 g/mol. The minimum atomic E-state index is 0.0326. The maximum absolute atomic E-state index is 12.6. The number of hydrogen-bond donors (Lipinski definition) is 4. The molecule has 0 saturated carbocycles. The quantitative estimate of drug-likeness (QED) is 0.314. The molecule has 4 aromatic heterocycles. The molecular formula is C26H25N7O. The predicted octanol–water partition coefficient (Wildman–Crippen LogP) is 4.50. The van der Waals surface area contributed by atoms with E-state index in [1.807, 2.05) is 24.3 Å². The lowest BCUT2D eigenvalue weighted by atomic mass is 9.94. The Hall–Kier alpha value is -4.04. The number of H-pyrrole nitrogens is 2. The van der Waals surface area contributed by atoms with Crippen LogP contribution in [0.5, 0.6) is 0 Å². The summed E-state index contributed by atoms with van der Waals surface area (Å²) in [7, 11) is 0. The Morgan fingerprint density at radius 2 is 1.91 bits per heavy atom. The lowest BCUT2D eigenvalue weighted by Gasteiger charge is -2.21. The van der Waals surface area contributed by atoms with E-state index in [4.69, 9.17) is 0 Å². The number of para-hydroxylation sites is 1. The average Bonchev–Trinajstić information content (AvgIpc) is 3.48. The summed E-state index contributed by atoms with van der Waals surface area (Å²) in [5.74, 6) is 0.468. The van der Waals surface area contributed by atoms with Crippen LogP contribution in [-0.2, 0) is 4.79 Å². The third kappa shape index (κ3) is 4.04. The van der Waals surface area contributed by atoms with Gasteiger partial charge in [0.05, 0.1) is 35.0 Å². The van der Waals surface area contributed by atoms with Crippen LogP contribution < -0.4 is 10.6 Å². The Bertz CT molecular complexity index is 1450. The fourth-order valence-corrected chi connectivity index (χ4v) is 4.69. The van der Waals surface area contributed by atoms with Crippen LogP contribution in [0.1, 0.15) is 19.3 Å². The van der Waals surface area contributed by atoms with Gasteiger partial charge in [0, 0.05) is 34.5 Å². The molecule has 0 aliphatic carbocycles. The van der Waals surface area contributed by atoms with Gasteiger partial charge in [-0.15, -0.1) is 0 Å². The van der Waals surface area contributed by atoms with E-state index in [2.05, 4.69) is 54.0 Å². The molecule has 0 unspecified atom stereocenters. The molecule has 1 aromatic carbocycles. The molecule has 5 aromatic rings. The normalized spacial score (nSPS) is 14.6. The minimum Gasteiger partial charge on any atom is -0.353 e. The lowest BCUT2D eigenvalue weighted by Crippen LogP contribution is -2.30. The molecular weight excluding hydrogens is 426 g/mol. The summed E-state index contributed by atoms with van der Waals surface area (Å²) in [5.41, 5.74) is 6.01. The van der Waals surface area contributed by atoms with Crippen molar-refractivity contribution < 1.29 is 4.79 Å². The van der Waals surface area contributed by atoms with Gasteiger partial charge in [-0.25, -0.2) is 0 Å². The molecule has 4 N–H and O–H groups in total. The fourth-order valence-electron chi connectivity index (χ4n) is 4.69. The molecule has 0 radical (unpaired) electrons. The molecule has 1 saturated heterocycles. The van der Waals surface area contributed by atoms with Crippen molar-refractivity contribution in [2.24, 2.45) is 5.92 Å². The highest BCUT2D eigenvalue weighted by molar-refractivity contribution is 5.97. The molecule has 1 aliphatic rings. The van der Waals surface area contributed by atoms with Gasteiger partial charge in [0.1, 0.15) is 5.69 Å². The number of benzene rings is 1. The first-order chi connectivity index (χ1) is 16.7. The third-order valence-corrected chi connectivity index (χ3v) is 6.48. The number of carbonyl (C=O) groups is 1. The van der Waals surface area contributed by atoms with E-state index in [-0.39, 0.29) is 5.91 Å². The van der Waals surface area contributed by atoms with Crippen LogP contribution in [0.25, 0.3) is 44.5 Å².